The van der Waals surface area contributed by atoms with Crippen LogP contribution in [-0.2, 0) is 27.4 Å². The Hall–Kier alpha value is -4.14. The number of rotatable bonds is 8. The molecule has 0 radical (unpaired) electrons. The fourth-order valence-corrected chi connectivity index (χ4v) is 4.06. The zero-order chi connectivity index (χ0) is 26.5. The Labute approximate surface area is 222 Å². The van der Waals surface area contributed by atoms with Crippen molar-refractivity contribution in [1.29, 1.82) is 0 Å². The highest BCUT2D eigenvalue weighted by atomic mass is 35.5. The zero-order valence-electron chi connectivity index (χ0n) is 19.6. The van der Waals surface area contributed by atoms with Gasteiger partial charge in [-0.1, -0.05) is 53.5 Å². The molecule has 0 fully saturated rings. The minimum Gasteiger partial charge on any atom is -0.465 e. The number of anilines is 1. The van der Waals surface area contributed by atoms with E-state index in [1.165, 1.54) is 7.11 Å². The molecule has 0 atom stereocenters. The molecule has 188 valence electrons. The van der Waals surface area contributed by atoms with Crippen LogP contribution in [0.15, 0.2) is 83.5 Å². The number of carbonyl (C=O) groups is 4. The first-order valence-corrected chi connectivity index (χ1v) is 11.9. The molecule has 37 heavy (non-hydrogen) atoms. The van der Waals surface area contributed by atoms with E-state index in [0.29, 0.717) is 27.4 Å². The van der Waals surface area contributed by atoms with Crippen LogP contribution in [0.2, 0.25) is 5.02 Å². The maximum Gasteiger partial charge on any atom is 0.337 e. The van der Waals surface area contributed by atoms with Crippen molar-refractivity contribution in [3.05, 3.63) is 111 Å². The van der Waals surface area contributed by atoms with Gasteiger partial charge in [-0.05, 0) is 53.6 Å². The lowest BCUT2D eigenvalue weighted by Gasteiger charge is -2.16. The number of halogens is 2. The summed E-state index contributed by atoms with van der Waals surface area (Å²) in [7, 11) is 1.30. The number of esters is 1. The molecule has 1 aliphatic heterocycles. The molecule has 10 heteroatoms. The van der Waals surface area contributed by atoms with E-state index in [2.05, 4.69) is 15.4 Å². The van der Waals surface area contributed by atoms with Crippen molar-refractivity contribution in [1.82, 2.24) is 10.2 Å². The van der Waals surface area contributed by atoms with Crippen molar-refractivity contribution in [2.75, 3.05) is 12.4 Å². The number of methoxy groups -OCH3 is 1. The fourth-order valence-electron chi connectivity index (χ4n) is 3.62. The van der Waals surface area contributed by atoms with E-state index in [4.69, 9.17) is 23.2 Å². The average Bonchev–Trinajstić information content (AvgIpc) is 3.11. The molecule has 0 unspecified atom stereocenters. The molecule has 3 aromatic carbocycles. The SMILES string of the molecule is COC(=O)c1ccc(NC(=O)c2ccc(CNC3=C(Cl)C(=O)N(Cc4ccccc4Cl)C3=O)cc2)cc1. The molecule has 2 N–H and O–H groups in total. The average molecular weight is 538 g/mol. The van der Waals surface area contributed by atoms with E-state index in [0.717, 1.165) is 10.5 Å². The fraction of sp³-hybridized carbons (Fsp3) is 0.111. The minimum absolute atomic E-state index is 0.00790. The van der Waals surface area contributed by atoms with Gasteiger partial charge in [0.15, 0.2) is 0 Å². The summed E-state index contributed by atoms with van der Waals surface area (Å²) in [5, 5.41) is 5.94. The van der Waals surface area contributed by atoms with Gasteiger partial charge in [0.1, 0.15) is 10.7 Å². The van der Waals surface area contributed by atoms with Gasteiger partial charge < -0.3 is 15.4 Å². The molecule has 0 saturated carbocycles. The van der Waals surface area contributed by atoms with E-state index in [9.17, 15) is 19.2 Å². The summed E-state index contributed by atoms with van der Waals surface area (Å²) in [6.45, 7) is 0.218. The van der Waals surface area contributed by atoms with Gasteiger partial charge in [0, 0.05) is 22.8 Å². The van der Waals surface area contributed by atoms with Crippen molar-refractivity contribution in [3.63, 3.8) is 0 Å². The van der Waals surface area contributed by atoms with Crippen molar-refractivity contribution >= 4 is 52.6 Å². The summed E-state index contributed by atoms with van der Waals surface area (Å²) in [6, 6.07) is 20.0. The van der Waals surface area contributed by atoms with Gasteiger partial charge in [-0.15, -0.1) is 0 Å². The summed E-state index contributed by atoms with van der Waals surface area (Å²) in [5.41, 5.74) is 2.72. The Morgan fingerprint density at radius 3 is 2.16 bits per heavy atom. The number of imide groups is 1. The van der Waals surface area contributed by atoms with Crippen LogP contribution in [0, 0.1) is 0 Å². The molecule has 4 rings (SSSR count). The van der Waals surface area contributed by atoms with Gasteiger partial charge in [0.25, 0.3) is 17.7 Å². The lowest BCUT2D eigenvalue weighted by molar-refractivity contribution is -0.138. The van der Waals surface area contributed by atoms with Crippen LogP contribution in [0.5, 0.6) is 0 Å². The maximum absolute atomic E-state index is 12.8. The molecule has 0 spiro atoms. The highest BCUT2D eigenvalue weighted by Gasteiger charge is 2.37. The van der Waals surface area contributed by atoms with Crippen LogP contribution in [0.25, 0.3) is 0 Å². The van der Waals surface area contributed by atoms with Crippen LogP contribution < -0.4 is 10.6 Å². The van der Waals surface area contributed by atoms with Gasteiger partial charge in [0.05, 0.1) is 19.2 Å². The summed E-state index contributed by atoms with van der Waals surface area (Å²) < 4.78 is 4.66. The molecule has 3 amide bonds. The molecule has 0 saturated heterocycles. The maximum atomic E-state index is 12.8. The summed E-state index contributed by atoms with van der Waals surface area (Å²) in [6.07, 6.45) is 0. The Morgan fingerprint density at radius 2 is 1.51 bits per heavy atom. The third-order valence-corrected chi connectivity index (χ3v) is 6.37. The normalized spacial score (nSPS) is 13.1. The summed E-state index contributed by atoms with van der Waals surface area (Å²) in [4.78, 5) is 50.5. The lowest BCUT2D eigenvalue weighted by Crippen LogP contribution is -2.33. The number of carbonyl (C=O) groups excluding carboxylic acids is 4. The highest BCUT2D eigenvalue weighted by Crippen LogP contribution is 2.26. The monoisotopic (exact) mass is 537 g/mol. The van der Waals surface area contributed by atoms with E-state index < -0.39 is 17.8 Å². The Morgan fingerprint density at radius 1 is 0.865 bits per heavy atom. The Balaban J connectivity index is 1.35. The topological polar surface area (TPSA) is 105 Å². The molecule has 0 bridgehead atoms. The number of hydrogen-bond donors (Lipinski definition) is 2. The molecule has 8 nitrogen and oxygen atoms in total. The molecule has 0 aliphatic carbocycles. The number of nitrogens with one attached hydrogen (secondary N) is 2. The first kappa shape index (κ1) is 25.9. The second-order valence-electron chi connectivity index (χ2n) is 8.05. The predicted octanol–water partition coefficient (Wildman–Crippen LogP) is 4.49. The first-order valence-electron chi connectivity index (χ1n) is 11.1. The van der Waals surface area contributed by atoms with Gasteiger partial charge in [0.2, 0.25) is 0 Å². The van der Waals surface area contributed by atoms with Gasteiger partial charge in [-0.25, -0.2) is 4.79 Å². The molecule has 1 heterocycles. The van der Waals surface area contributed by atoms with Gasteiger partial charge in [-0.2, -0.15) is 0 Å². The zero-order valence-corrected chi connectivity index (χ0v) is 21.1. The number of nitrogens with zero attached hydrogens (tertiary/aromatic N) is 1. The predicted molar refractivity (Wildman–Crippen MR) is 139 cm³/mol. The number of benzene rings is 3. The van der Waals surface area contributed by atoms with Crippen molar-refractivity contribution < 1.29 is 23.9 Å². The first-order chi connectivity index (χ1) is 17.8. The van der Waals surface area contributed by atoms with Crippen LogP contribution in [0.1, 0.15) is 31.8 Å². The second-order valence-corrected chi connectivity index (χ2v) is 8.84. The van der Waals surface area contributed by atoms with E-state index in [-0.39, 0.29) is 29.7 Å². The number of hydrogen-bond acceptors (Lipinski definition) is 6. The molecular weight excluding hydrogens is 517 g/mol. The van der Waals surface area contributed by atoms with E-state index in [1.807, 2.05) is 0 Å². The minimum atomic E-state index is -0.597. The van der Waals surface area contributed by atoms with Gasteiger partial charge in [-0.3, -0.25) is 19.3 Å². The van der Waals surface area contributed by atoms with Gasteiger partial charge >= 0.3 is 5.97 Å². The quantitative estimate of drug-likeness (QED) is 0.324. The third-order valence-electron chi connectivity index (χ3n) is 5.65. The van der Waals surface area contributed by atoms with Crippen molar-refractivity contribution in [2.24, 2.45) is 0 Å². The van der Waals surface area contributed by atoms with E-state index in [1.54, 1.807) is 72.8 Å². The van der Waals surface area contributed by atoms with Crippen molar-refractivity contribution in [3.8, 4) is 0 Å². The second kappa shape index (κ2) is 11.3. The van der Waals surface area contributed by atoms with Crippen molar-refractivity contribution in [2.45, 2.75) is 13.1 Å². The molecule has 0 aromatic heterocycles. The third kappa shape index (κ3) is 5.82. The van der Waals surface area contributed by atoms with Crippen LogP contribution in [0.3, 0.4) is 0 Å². The molecule has 1 aliphatic rings. The molecular formula is C27H21Cl2N3O5. The number of ether oxygens (including phenoxy) is 1. The lowest BCUT2D eigenvalue weighted by atomic mass is 10.1. The van der Waals surface area contributed by atoms with Crippen LogP contribution in [0.4, 0.5) is 5.69 Å². The van der Waals surface area contributed by atoms with E-state index >= 15 is 0 Å². The Kier molecular flexibility index (Phi) is 7.91. The van der Waals surface area contributed by atoms with Crippen LogP contribution in [-0.4, -0.2) is 35.7 Å². The van der Waals surface area contributed by atoms with Crippen LogP contribution >= 0.6 is 23.2 Å². The standard InChI is InChI=1S/C27H21Cl2N3O5/c1-37-27(36)18-10-12-20(13-11-18)31-24(33)17-8-6-16(7-9-17)14-30-23-22(29)25(34)32(26(23)35)15-19-4-2-3-5-21(19)28/h2-13,30H,14-15H2,1H3,(H,31,33). The smallest absolute Gasteiger partial charge is 0.337 e. The highest BCUT2D eigenvalue weighted by molar-refractivity contribution is 6.47. The Bertz CT molecular complexity index is 1400. The summed E-state index contributed by atoms with van der Waals surface area (Å²) in [5.74, 6) is -1.93. The molecule has 3 aromatic rings. The largest absolute Gasteiger partial charge is 0.465 e. The number of amides is 3. The summed E-state index contributed by atoms with van der Waals surface area (Å²) >= 11 is 12.3.